The van der Waals surface area contributed by atoms with Gasteiger partial charge in [-0.2, -0.15) is 0 Å². The average molecular weight is 242 g/mol. The molecular formula is C16H20NO+. The van der Waals surface area contributed by atoms with Crippen molar-refractivity contribution in [2.45, 2.75) is 19.4 Å². The van der Waals surface area contributed by atoms with E-state index in [1.807, 2.05) is 24.6 Å². The predicted octanol–water partition coefficient (Wildman–Crippen LogP) is 2.83. The molecule has 2 heteroatoms. The van der Waals surface area contributed by atoms with Gasteiger partial charge in [0.1, 0.15) is 7.05 Å². The molecule has 0 aliphatic rings. The molecule has 1 unspecified atom stereocenters. The Kier molecular flexibility index (Phi) is 4.48. The maximum Gasteiger partial charge on any atom is 0.168 e. The summed E-state index contributed by atoms with van der Waals surface area (Å²) in [6, 6.07) is 14.7. The van der Waals surface area contributed by atoms with Crippen LogP contribution in [0.1, 0.15) is 24.2 Å². The van der Waals surface area contributed by atoms with Crippen LogP contribution in [-0.4, -0.2) is 6.61 Å². The molecule has 2 aromatic rings. The van der Waals surface area contributed by atoms with Gasteiger partial charge in [-0.3, -0.25) is 0 Å². The summed E-state index contributed by atoms with van der Waals surface area (Å²) < 4.78 is 7.90. The summed E-state index contributed by atoms with van der Waals surface area (Å²) in [6.07, 6.45) is 5.18. The normalized spacial score (nSPS) is 12.3. The third-order valence-corrected chi connectivity index (χ3v) is 3.01. The highest BCUT2D eigenvalue weighted by Gasteiger charge is 2.13. The van der Waals surface area contributed by atoms with Gasteiger partial charge in [-0.15, -0.1) is 0 Å². The maximum atomic E-state index is 5.86. The van der Waals surface area contributed by atoms with Crippen LogP contribution in [0.5, 0.6) is 0 Å². The van der Waals surface area contributed by atoms with E-state index < -0.39 is 0 Å². The van der Waals surface area contributed by atoms with Crippen molar-refractivity contribution in [3.63, 3.8) is 0 Å². The second-order valence-electron chi connectivity index (χ2n) is 4.43. The predicted molar refractivity (Wildman–Crippen MR) is 72.1 cm³/mol. The molecule has 1 aromatic heterocycles. The molecule has 0 aliphatic heterocycles. The van der Waals surface area contributed by atoms with Crippen molar-refractivity contribution < 1.29 is 9.30 Å². The number of nitrogens with zero attached hydrogens (tertiary/aromatic N) is 1. The van der Waals surface area contributed by atoms with Gasteiger partial charge in [-0.25, -0.2) is 4.57 Å². The molecule has 0 spiro atoms. The number of aryl methyl sites for hydroxylation is 1. The van der Waals surface area contributed by atoms with E-state index in [-0.39, 0.29) is 6.10 Å². The van der Waals surface area contributed by atoms with Crippen molar-refractivity contribution >= 4 is 0 Å². The quantitative estimate of drug-likeness (QED) is 0.735. The van der Waals surface area contributed by atoms with E-state index in [1.54, 1.807) is 0 Å². The van der Waals surface area contributed by atoms with Crippen molar-refractivity contribution in [1.29, 1.82) is 0 Å². The molecule has 94 valence electrons. The fourth-order valence-corrected chi connectivity index (χ4v) is 2.03. The Balaban J connectivity index is 2.15. The Bertz CT molecular complexity index is 464. The zero-order chi connectivity index (χ0) is 12.8. The largest absolute Gasteiger partial charge is 0.373 e. The van der Waals surface area contributed by atoms with E-state index in [0.29, 0.717) is 0 Å². The Morgan fingerprint density at radius 2 is 1.72 bits per heavy atom. The Morgan fingerprint density at radius 1 is 1.06 bits per heavy atom. The molecule has 2 rings (SSSR count). The number of hydrogen-bond donors (Lipinski definition) is 0. The number of rotatable bonds is 5. The fourth-order valence-electron chi connectivity index (χ4n) is 2.03. The lowest BCUT2D eigenvalue weighted by Crippen LogP contribution is -2.26. The molecule has 0 aliphatic carbocycles. The zero-order valence-electron chi connectivity index (χ0n) is 11.0. The third kappa shape index (κ3) is 3.41. The number of benzene rings is 1. The lowest BCUT2D eigenvalue weighted by atomic mass is 10.0. The van der Waals surface area contributed by atoms with Gasteiger partial charge in [0.15, 0.2) is 12.4 Å². The van der Waals surface area contributed by atoms with Crippen LogP contribution in [0.3, 0.4) is 0 Å². The van der Waals surface area contributed by atoms with Crippen LogP contribution in [0.2, 0.25) is 0 Å². The van der Waals surface area contributed by atoms with Crippen molar-refractivity contribution in [3.8, 4) is 0 Å². The van der Waals surface area contributed by atoms with Gasteiger partial charge in [0, 0.05) is 25.2 Å². The minimum absolute atomic E-state index is 0.138. The van der Waals surface area contributed by atoms with Gasteiger partial charge < -0.3 is 4.74 Å². The molecule has 0 fully saturated rings. The van der Waals surface area contributed by atoms with Crippen LogP contribution >= 0.6 is 0 Å². The van der Waals surface area contributed by atoms with Gasteiger partial charge in [-0.1, -0.05) is 30.3 Å². The number of aromatic nitrogens is 1. The molecule has 2 nitrogen and oxygen atoms in total. The first-order chi connectivity index (χ1) is 8.79. The molecule has 0 saturated carbocycles. The summed E-state index contributed by atoms with van der Waals surface area (Å²) in [5.41, 5.74) is 2.54. The molecule has 0 bridgehead atoms. The van der Waals surface area contributed by atoms with Crippen molar-refractivity contribution in [2.75, 3.05) is 6.61 Å². The molecule has 0 N–H and O–H groups in total. The van der Waals surface area contributed by atoms with E-state index in [9.17, 15) is 0 Å². The number of hydrogen-bond acceptors (Lipinski definition) is 1. The smallest absolute Gasteiger partial charge is 0.168 e. The summed E-state index contributed by atoms with van der Waals surface area (Å²) in [5.74, 6) is 0. The Morgan fingerprint density at radius 3 is 2.33 bits per heavy atom. The van der Waals surface area contributed by atoms with Crippen LogP contribution in [0.4, 0.5) is 0 Å². The number of pyridine rings is 1. The van der Waals surface area contributed by atoms with Crippen LogP contribution in [-0.2, 0) is 18.2 Å². The molecule has 1 heterocycles. The van der Waals surface area contributed by atoms with Crippen LogP contribution in [0.25, 0.3) is 0 Å². The van der Waals surface area contributed by atoms with Gasteiger partial charge in [0.2, 0.25) is 0 Å². The monoisotopic (exact) mass is 242 g/mol. The zero-order valence-corrected chi connectivity index (χ0v) is 11.0. The second kappa shape index (κ2) is 6.31. The molecular weight excluding hydrogens is 222 g/mol. The minimum atomic E-state index is 0.138. The Hall–Kier alpha value is -1.67. The SMILES string of the molecule is CCOC(Cc1ccccc1)c1cc[n+](C)cc1. The van der Waals surface area contributed by atoms with E-state index >= 15 is 0 Å². The summed E-state index contributed by atoms with van der Waals surface area (Å²) in [7, 11) is 2.02. The topological polar surface area (TPSA) is 13.1 Å². The van der Waals surface area contributed by atoms with Gasteiger partial charge in [0.05, 0.1) is 6.10 Å². The summed E-state index contributed by atoms with van der Waals surface area (Å²) in [5, 5.41) is 0. The van der Waals surface area contributed by atoms with Crippen LogP contribution in [0.15, 0.2) is 54.9 Å². The summed E-state index contributed by atoms with van der Waals surface area (Å²) in [6.45, 7) is 2.78. The fraction of sp³-hybridized carbons (Fsp3) is 0.312. The van der Waals surface area contributed by atoms with Gasteiger partial charge in [-0.05, 0) is 18.1 Å². The molecule has 0 saturated heterocycles. The maximum absolute atomic E-state index is 5.86. The van der Waals surface area contributed by atoms with E-state index in [2.05, 4.69) is 48.8 Å². The molecule has 0 radical (unpaired) electrons. The minimum Gasteiger partial charge on any atom is -0.373 e. The van der Waals surface area contributed by atoms with E-state index in [0.717, 1.165) is 13.0 Å². The van der Waals surface area contributed by atoms with E-state index in [1.165, 1.54) is 11.1 Å². The van der Waals surface area contributed by atoms with Crippen LogP contribution in [0, 0.1) is 0 Å². The van der Waals surface area contributed by atoms with Crippen LogP contribution < -0.4 is 4.57 Å². The Labute approximate surface area is 109 Å². The molecule has 0 amide bonds. The van der Waals surface area contributed by atoms with Gasteiger partial charge >= 0.3 is 0 Å². The highest BCUT2D eigenvalue weighted by atomic mass is 16.5. The van der Waals surface area contributed by atoms with Gasteiger partial charge in [0.25, 0.3) is 0 Å². The van der Waals surface area contributed by atoms with E-state index in [4.69, 9.17) is 4.74 Å². The average Bonchev–Trinajstić information content (AvgIpc) is 2.40. The summed E-state index contributed by atoms with van der Waals surface area (Å²) >= 11 is 0. The first-order valence-electron chi connectivity index (χ1n) is 6.40. The second-order valence-corrected chi connectivity index (χ2v) is 4.43. The van der Waals surface area contributed by atoms with Crippen molar-refractivity contribution in [2.24, 2.45) is 7.05 Å². The van der Waals surface area contributed by atoms with Crippen molar-refractivity contribution in [1.82, 2.24) is 0 Å². The lowest BCUT2D eigenvalue weighted by Gasteiger charge is -2.17. The summed E-state index contributed by atoms with van der Waals surface area (Å²) in [4.78, 5) is 0. The first kappa shape index (κ1) is 12.8. The highest BCUT2D eigenvalue weighted by Crippen LogP contribution is 2.21. The standard InChI is InChI=1S/C16H20NO/c1-3-18-16(13-14-7-5-4-6-8-14)15-9-11-17(2)12-10-15/h4-12,16H,3,13H2,1-2H3/q+1. The molecule has 1 atom stereocenters. The highest BCUT2D eigenvalue weighted by molar-refractivity contribution is 5.20. The third-order valence-electron chi connectivity index (χ3n) is 3.01. The number of ether oxygens (including phenoxy) is 1. The first-order valence-corrected chi connectivity index (χ1v) is 6.40. The van der Waals surface area contributed by atoms with Crippen molar-refractivity contribution in [3.05, 3.63) is 66.0 Å². The molecule has 18 heavy (non-hydrogen) atoms. The lowest BCUT2D eigenvalue weighted by molar-refractivity contribution is -0.671. The molecule has 1 aromatic carbocycles.